The second-order valence-corrected chi connectivity index (χ2v) is 8.55. The lowest BCUT2D eigenvalue weighted by Gasteiger charge is -2.07. The van der Waals surface area contributed by atoms with Crippen LogP contribution in [0.25, 0.3) is 11.3 Å². The van der Waals surface area contributed by atoms with E-state index in [0.29, 0.717) is 29.3 Å². The molecule has 0 saturated heterocycles. The maximum absolute atomic E-state index is 12.3. The van der Waals surface area contributed by atoms with Crippen LogP contribution in [0.5, 0.6) is 5.75 Å². The molecule has 0 aliphatic carbocycles. The van der Waals surface area contributed by atoms with Gasteiger partial charge in [0.05, 0.1) is 17.7 Å². The van der Waals surface area contributed by atoms with E-state index in [1.165, 1.54) is 63.3 Å². The molecule has 0 aliphatic heterocycles. The van der Waals surface area contributed by atoms with Gasteiger partial charge in [-0.1, -0.05) is 51.9 Å². The summed E-state index contributed by atoms with van der Waals surface area (Å²) in [7, 11) is 0. The number of non-ortho nitro benzene ring substituents is 1. The van der Waals surface area contributed by atoms with Gasteiger partial charge in [0, 0.05) is 23.3 Å². The van der Waals surface area contributed by atoms with E-state index in [1.807, 2.05) is 0 Å². The van der Waals surface area contributed by atoms with E-state index in [0.717, 1.165) is 12.2 Å². The molecule has 0 fully saturated rings. The van der Waals surface area contributed by atoms with E-state index in [4.69, 9.17) is 9.15 Å². The van der Waals surface area contributed by atoms with Crippen LogP contribution in [0.4, 0.5) is 5.69 Å². The first-order valence-electron chi connectivity index (χ1n) is 12.5. The number of nitrogens with zero attached hydrogens (tertiary/aromatic N) is 2. The topological polar surface area (TPSA) is 107 Å². The largest absolute Gasteiger partial charge is 0.494 e. The molecule has 0 unspecified atom stereocenters. The first kappa shape index (κ1) is 26.7. The molecule has 190 valence electrons. The van der Waals surface area contributed by atoms with Gasteiger partial charge >= 0.3 is 0 Å². The molecule has 36 heavy (non-hydrogen) atoms. The molecule has 1 aromatic heterocycles. The average Bonchev–Trinajstić information content (AvgIpc) is 3.37. The molecule has 0 atom stereocenters. The summed E-state index contributed by atoms with van der Waals surface area (Å²) < 4.78 is 11.4. The lowest BCUT2D eigenvalue weighted by molar-refractivity contribution is -0.384. The number of carbonyl (C=O) groups excluding carboxylic acids is 1. The molecule has 1 N–H and O–H groups in total. The average molecular weight is 492 g/mol. The van der Waals surface area contributed by atoms with Crippen LogP contribution in [-0.2, 0) is 0 Å². The molecule has 0 aliphatic rings. The Bertz CT molecular complexity index is 1120. The van der Waals surface area contributed by atoms with Crippen LogP contribution in [0.1, 0.15) is 74.4 Å². The third kappa shape index (κ3) is 8.69. The second kappa shape index (κ2) is 14.5. The SMILES string of the molecule is CCCCCCCCCCOc1ccc(C(=O)N/N=C/c2ccc(-c3ccc([N+](=O)[O-])cc3)o2)cc1. The summed E-state index contributed by atoms with van der Waals surface area (Å²) in [6.45, 7) is 2.91. The summed E-state index contributed by atoms with van der Waals surface area (Å²) >= 11 is 0. The zero-order valence-electron chi connectivity index (χ0n) is 20.7. The van der Waals surface area contributed by atoms with E-state index >= 15 is 0 Å². The first-order valence-corrected chi connectivity index (χ1v) is 12.5. The molecule has 0 bridgehead atoms. The fourth-order valence-electron chi connectivity index (χ4n) is 3.67. The highest BCUT2D eigenvalue weighted by atomic mass is 16.6. The number of nitro groups is 1. The molecule has 1 heterocycles. The molecule has 8 nitrogen and oxygen atoms in total. The van der Waals surface area contributed by atoms with E-state index in [-0.39, 0.29) is 11.6 Å². The van der Waals surface area contributed by atoms with Gasteiger partial charge in [-0.05, 0) is 55.0 Å². The van der Waals surface area contributed by atoms with Gasteiger partial charge in [-0.3, -0.25) is 14.9 Å². The predicted molar refractivity (Wildman–Crippen MR) is 140 cm³/mol. The van der Waals surface area contributed by atoms with Crippen LogP contribution in [-0.4, -0.2) is 23.7 Å². The van der Waals surface area contributed by atoms with Crippen molar-refractivity contribution in [3.8, 4) is 17.1 Å². The molecule has 3 aromatic rings. The maximum Gasteiger partial charge on any atom is 0.271 e. The number of ether oxygens (including phenoxy) is 1. The number of hydrazone groups is 1. The molecular weight excluding hydrogens is 458 g/mol. The van der Waals surface area contributed by atoms with Gasteiger partial charge in [-0.2, -0.15) is 5.10 Å². The van der Waals surface area contributed by atoms with Crippen molar-refractivity contribution in [2.45, 2.75) is 58.3 Å². The lowest BCUT2D eigenvalue weighted by atomic mass is 10.1. The summed E-state index contributed by atoms with van der Waals surface area (Å²) in [5, 5.41) is 14.7. The third-order valence-corrected chi connectivity index (χ3v) is 5.73. The van der Waals surface area contributed by atoms with E-state index in [9.17, 15) is 14.9 Å². The van der Waals surface area contributed by atoms with Gasteiger partial charge in [0.2, 0.25) is 0 Å². The number of nitrogens with one attached hydrogen (secondary N) is 1. The smallest absolute Gasteiger partial charge is 0.271 e. The van der Waals surface area contributed by atoms with Crippen molar-refractivity contribution < 1.29 is 18.9 Å². The van der Waals surface area contributed by atoms with Gasteiger partial charge in [0.1, 0.15) is 17.3 Å². The summed E-state index contributed by atoms with van der Waals surface area (Å²) in [5.74, 6) is 1.38. The van der Waals surface area contributed by atoms with E-state index in [2.05, 4.69) is 17.5 Å². The minimum Gasteiger partial charge on any atom is -0.494 e. The maximum atomic E-state index is 12.3. The van der Waals surface area contributed by atoms with Crippen molar-refractivity contribution in [3.05, 3.63) is 82.1 Å². The standard InChI is InChI=1S/C28H33N3O5/c1-2-3-4-5-6-7-8-9-20-35-25-16-12-23(13-17-25)28(32)30-29-21-26-18-19-27(36-26)22-10-14-24(15-11-22)31(33)34/h10-19,21H,2-9,20H2,1H3,(H,30,32)/b29-21+. The minimum absolute atomic E-state index is 0.0119. The van der Waals surface area contributed by atoms with Crippen molar-refractivity contribution in [1.29, 1.82) is 0 Å². The van der Waals surface area contributed by atoms with Gasteiger partial charge < -0.3 is 9.15 Å². The van der Waals surface area contributed by atoms with Crippen molar-refractivity contribution in [2.75, 3.05) is 6.61 Å². The van der Waals surface area contributed by atoms with Crippen molar-refractivity contribution in [1.82, 2.24) is 5.43 Å². The van der Waals surface area contributed by atoms with E-state index < -0.39 is 4.92 Å². The van der Waals surface area contributed by atoms with Crippen LogP contribution in [0.3, 0.4) is 0 Å². The fourth-order valence-corrected chi connectivity index (χ4v) is 3.67. The van der Waals surface area contributed by atoms with Crippen LogP contribution in [0.2, 0.25) is 0 Å². The number of nitro benzene ring substituents is 1. The van der Waals surface area contributed by atoms with E-state index in [1.54, 1.807) is 48.5 Å². The number of amides is 1. The Labute approximate surface area is 211 Å². The summed E-state index contributed by atoms with van der Waals surface area (Å²) in [6.07, 6.45) is 11.4. The number of rotatable bonds is 15. The van der Waals surface area contributed by atoms with Gasteiger partial charge in [-0.15, -0.1) is 0 Å². The number of hydrogen-bond acceptors (Lipinski definition) is 6. The number of unbranched alkanes of at least 4 members (excludes halogenated alkanes) is 7. The zero-order chi connectivity index (χ0) is 25.6. The number of hydrogen-bond donors (Lipinski definition) is 1. The van der Waals surface area contributed by atoms with Crippen molar-refractivity contribution in [2.24, 2.45) is 5.10 Å². The molecule has 1 amide bonds. The Morgan fingerprint density at radius 2 is 1.61 bits per heavy atom. The van der Waals surface area contributed by atoms with Crippen LogP contribution >= 0.6 is 0 Å². The first-order chi connectivity index (χ1) is 17.6. The number of furan rings is 1. The molecule has 0 spiro atoms. The molecule has 0 radical (unpaired) electrons. The molecule has 2 aromatic carbocycles. The molecular formula is C28H33N3O5. The number of carbonyl (C=O) groups is 1. The quantitative estimate of drug-likeness (QED) is 0.105. The van der Waals surface area contributed by atoms with Crippen LogP contribution in [0, 0.1) is 10.1 Å². The molecule has 0 saturated carbocycles. The molecule has 3 rings (SSSR count). The third-order valence-electron chi connectivity index (χ3n) is 5.73. The Morgan fingerprint density at radius 3 is 2.28 bits per heavy atom. The Morgan fingerprint density at radius 1 is 0.944 bits per heavy atom. The predicted octanol–water partition coefficient (Wildman–Crippen LogP) is 7.14. The summed E-state index contributed by atoms with van der Waals surface area (Å²) in [6, 6.07) is 16.5. The monoisotopic (exact) mass is 491 g/mol. The summed E-state index contributed by atoms with van der Waals surface area (Å²) in [4.78, 5) is 22.7. The summed E-state index contributed by atoms with van der Waals surface area (Å²) in [5.41, 5.74) is 3.66. The highest BCUT2D eigenvalue weighted by Gasteiger charge is 2.08. The van der Waals surface area contributed by atoms with Crippen molar-refractivity contribution >= 4 is 17.8 Å². The Hall–Kier alpha value is -3.94. The second-order valence-electron chi connectivity index (χ2n) is 8.55. The number of benzene rings is 2. The van der Waals surface area contributed by atoms with Crippen molar-refractivity contribution in [3.63, 3.8) is 0 Å². The highest BCUT2D eigenvalue weighted by Crippen LogP contribution is 2.24. The van der Waals surface area contributed by atoms with Gasteiger partial charge in [0.15, 0.2) is 0 Å². The molecule has 8 heteroatoms. The van der Waals surface area contributed by atoms with Gasteiger partial charge in [0.25, 0.3) is 11.6 Å². The normalized spacial score (nSPS) is 11.0. The fraction of sp³-hybridized carbons (Fsp3) is 0.357. The minimum atomic E-state index is -0.453. The highest BCUT2D eigenvalue weighted by molar-refractivity contribution is 5.94. The van der Waals surface area contributed by atoms with Crippen LogP contribution in [0.15, 0.2) is 70.2 Å². The zero-order valence-corrected chi connectivity index (χ0v) is 20.7. The van der Waals surface area contributed by atoms with Gasteiger partial charge in [-0.25, -0.2) is 5.43 Å². The Balaban J connectivity index is 1.38. The lowest BCUT2D eigenvalue weighted by Crippen LogP contribution is -2.17. The van der Waals surface area contributed by atoms with Crippen LogP contribution < -0.4 is 10.2 Å². The Kier molecular flexibility index (Phi) is 10.7.